The first-order valence-electron chi connectivity index (χ1n) is 16.8. The van der Waals surface area contributed by atoms with Gasteiger partial charge in [-0.1, -0.05) is 45.0 Å². The van der Waals surface area contributed by atoms with Crippen LogP contribution < -0.4 is 10.6 Å². The van der Waals surface area contributed by atoms with E-state index in [1.165, 1.54) is 4.90 Å². The molecule has 0 spiro atoms. The number of carbonyl (C=O) groups is 4. The number of nitrogens with zero attached hydrogens (tertiary/aromatic N) is 4. The number of likely N-dealkylation sites (tertiary alicyclic amines) is 1. The number of benzene rings is 1. The number of thiazole rings is 1. The van der Waals surface area contributed by atoms with Crippen molar-refractivity contribution >= 4 is 35.2 Å². The Bertz CT molecular complexity index is 1440. The van der Waals surface area contributed by atoms with Crippen molar-refractivity contribution in [1.29, 1.82) is 0 Å². The zero-order valence-electron chi connectivity index (χ0n) is 29.8. The molecule has 2 aliphatic rings. The highest BCUT2D eigenvalue weighted by molar-refractivity contribution is 7.13. The maximum Gasteiger partial charge on any atom is 0.410 e. The van der Waals surface area contributed by atoms with Crippen molar-refractivity contribution in [2.75, 3.05) is 52.5 Å². The Hall–Kier alpha value is -3.59. The Morgan fingerprint density at radius 2 is 1.71 bits per heavy atom. The summed E-state index contributed by atoms with van der Waals surface area (Å²) in [5.74, 6) is -1.23. The number of piperazine rings is 1. The fraction of sp³-hybridized carbons (Fsp3) is 0.629. The third kappa shape index (κ3) is 10.9. The third-order valence-corrected chi connectivity index (χ3v) is 9.50. The lowest BCUT2D eigenvalue weighted by Crippen LogP contribution is -2.58. The number of nitrogens with one attached hydrogen (secondary N) is 2. The number of ether oxygens (including phenoxy) is 2. The molecule has 0 radical (unpaired) electrons. The van der Waals surface area contributed by atoms with Crippen LogP contribution in [0.2, 0.25) is 0 Å². The van der Waals surface area contributed by atoms with Crippen LogP contribution in [-0.4, -0.2) is 125 Å². The molecule has 2 aliphatic heterocycles. The Morgan fingerprint density at radius 3 is 2.31 bits per heavy atom. The molecule has 1 unspecified atom stereocenters. The summed E-state index contributed by atoms with van der Waals surface area (Å²) >= 11 is 1.58. The van der Waals surface area contributed by atoms with Crippen LogP contribution in [0, 0.1) is 12.3 Å². The quantitative estimate of drug-likeness (QED) is 0.301. The van der Waals surface area contributed by atoms with Gasteiger partial charge in [-0.15, -0.1) is 11.3 Å². The van der Waals surface area contributed by atoms with Gasteiger partial charge in [-0.3, -0.25) is 19.3 Å². The van der Waals surface area contributed by atoms with Crippen LogP contribution >= 0.6 is 11.3 Å². The Kier molecular flexibility index (Phi) is 12.8. The summed E-state index contributed by atoms with van der Waals surface area (Å²) in [6.45, 7) is 16.4. The molecule has 13 nitrogen and oxygen atoms in total. The number of rotatable bonds is 11. The van der Waals surface area contributed by atoms with Gasteiger partial charge in [-0.05, 0) is 44.2 Å². The van der Waals surface area contributed by atoms with Crippen LogP contribution in [0.5, 0.6) is 0 Å². The van der Waals surface area contributed by atoms with Gasteiger partial charge in [-0.25, -0.2) is 9.78 Å². The molecule has 2 aromatic rings. The van der Waals surface area contributed by atoms with Gasteiger partial charge >= 0.3 is 6.09 Å². The van der Waals surface area contributed by atoms with Gasteiger partial charge in [0.15, 0.2) is 0 Å². The minimum atomic E-state index is -0.937. The van der Waals surface area contributed by atoms with Crippen LogP contribution in [0.4, 0.5) is 4.79 Å². The Morgan fingerprint density at radius 1 is 1.04 bits per heavy atom. The third-order valence-electron chi connectivity index (χ3n) is 8.52. The number of amides is 4. The highest BCUT2D eigenvalue weighted by Crippen LogP contribution is 2.28. The number of aryl methyl sites for hydroxylation is 1. The minimum Gasteiger partial charge on any atom is -0.444 e. The van der Waals surface area contributed by atoms with E-state index in [0.717, 1.165) is 21.7 Å². The lowest BCUT2D eigenvalue weighted by atomic mass is 9.85. The lowest BCUT2D eigenvalue weighted by Gasteiger charge is -2.35. The number of aliphatic hydroxyl groups excluding tert-OH is 1. The molecule has 4 rings (SSSR count). The highest BCUT2D eigenvalue weighted by Gasteiger charge is 2.44. The van der Waals surface area contributed by atoms with Crippen molar-refractivity contribution in [2.24, 2.45) is 5.41 Å². The molecular formula is C35H52N6O7S. The molecule has 0 saturated carbocycles. The summed E-state index contributed by atoms with van der Waals surface area (Å²) in [5, 5.41) is 16.2. The molecule has 0 aliphatic carbocycles. The summed E-state index contributed by atoms with van der Waals surface area (Å²) in [7, 11) is 0. The number of aliphatic hydroxyl groups is 1. The molecule has 1 aromatic heterocycles. The van der Waals surface area contributed by atoms with Crippen LogP contribution in [0.15, 0.2) is 29.8 Å². The number of aromatic nitrogens is 1. The number of hydrogen-bond acceptors (Lipinski definition) is 10. The van der Waals surface area contributed by atoms with E-state index in [9.17, 15) is 24.3 Å². The second-order valence-corrected chi connectivity index (χ2v) is 15.7. The molecule has 14 heteroatoms. The topological polar surface area (TPSA) is 154 Å². The SMILES string of the molecule is Cc1ncsc1-c1ccc(CNC(=O)[C@@H]2C[C@@H](O)CN2C(=O)C(NC(=O)COCCN2CCN(C(=O)OC(C)(C)C)CC2)C(C)(C)C)cc1. The Balaban J connectivity index is 1.24. The molecule has 2 fully saturated rings. The summed E-state index contributed by atoms with van der Waals surface area (Å²) < 4.78 is 11.1. The molecule has 270 valence electrons. The smallest absolute Gasteiger partial charge is 0.410 e. The molecule has 49 heavy (non-hydrogen) atoms. The molecule has 3 heterocycles. The molecule has 0 bridgehead atoms. The normalized spacial score (nSPS) is 19.4. The van der Waals surface area contributed by atoms with Crippen molar-refractivity contribution < 1.29 is 33.8 Å². The van der Waals surface area contributed by atoms with Crippen molar-refractivity contribution in [3.63, 3.8) is 0 Å². The number of hydrogen-bond donors (Lipinski definition) is 3. The van der Waals surface area contributed by atoms with Crippen LogP contribution in [-0.2, 0) is 30.4 Å². The van der Waals surface area contributed by atoms with E-state index in [1.807, 2.05) is 78.2 Å². The van der Waals surface area contributed by atoms with Gasteiger partial charge in [0, 0.05) is 52.2 Å². The second-order valence-electron chi connectivity index (χ2n) is 14.8. The van der Waals surface area contributed by atoms with E-state index in [0.29, 0.717) is 39.3 Å². The second kappa shape index (κ2) is 16.4. The first-order valence-corrected chi connectivity index (χ1v) is 17.7. The first-order chi connectivity index (χ1) is 23.0. The van der Waals surface area contributed by atoms with Crippen LogP contribution in [0.3, 0.4) is 0 Å². The van der Waals surface area contributed by atoms with E-state index in [-0.39, 0.29) is 38.1 Å². The standard InChI is InChI=1S/C35H52N6O7S/c1-23-29(49-22-37-23)25-10-8-24(9-11-25)19-36-31(44)27-18-26(42)20-41(27)32(45)30(34(2,3)4)38-28(43)21-47-17-16-39-12-14-40(15-13-39)33(46)48-35(5,6)7/h8-11,22,26-27,30,42H,12-21H2,1-7H3,(H,36,44)(H,38,43)/t26-,27+,30?/m1/s1. The van der Waals surface area contributed by atoms with Gasteiger partial charge in [0.1, 0.15) is 24.3 Å². The summed E-state index contributed by atoms with van der Waals surface area (Å²) in [5.41, 5.74) is 3.53. The average Bonchev–Trinajstić information content (AvgIpc) is 3.65. The van der Waals surface area contributed by atoms with Crippen LogP contribution in [0.1, 0.15) is 59.2 Å². The summed E-state index contributed by atoms with van der Waals surface area (Å²) in [6, 6.07) is 6.07. The lowest BCUT2D eigenvalue weighted by molar-refractivity contribution is -0.144. The number of β-amino-alcohol motifs (C(OH)–C–C–N with tert-alkyl or cyclic N) is 1. The minimum absolute atomic E-state index is 0.0000412. The maximum atomic E-state index is 13.9. The van der Waals surface area contributed by atoms with E-state index in [2.05, 4.69) is 20.5 Å². The van der Waals surface area contributed by atoms with Gasteiger partial charge in [0.05, 0.1) is 28.8 Å². The first kappa shape index (κ1) is 38.2. The zero-order valence-corrected chi connectivity index (χ0v) is 30.6. The fourth-order valence-corrected chi connectivity index (χ4v) is 6.63. The van der Waals surface area contributed by atoms with Crippen molar-refractivity contribution in [2.45, 2.75) is 85.2 Å². The van der Waals surface area contributed by atoms with E-state index >= 15 is 0 Å². The van der Waals surface area contributed by atoms with E-state index < -0.39 is 41.0 Å². The molecule has 3 N–H and O–H groups in total. The highest BCUT2D eigenvalue weighted by atomic mass is 32.1. The molecule has 4 amide bonds. The van der Waals surface area contributed by atoms with Crippen molar-refractivity contribution in [3.05, 3.63) is 41.0 Å². The predicted octanol–water partition coefficient (Wildman–Crippen LogP) is 2.80. The van der Waals surface area contributed by atoms with Gasteiger partial charge < -0.3 is 35.0 Å². The monoisotopic (exact) mass is 700 g/mol. The summed E-state index contributed by atoms with van der Waals surface area (Å²) in [4.78, 5) is 63.1. The van der Waals surface area contributed by atoms with Gasteiger partial charge in [0.25, 0.3) is 0 Å². The molecular weight excluding hydrogens is 648 g/mol. The molecule has 3 atom stereocenters. The average molecular weight is 701 g/mol. The Labute approximate surface area is 293 Å². The van der Waals surface area contributed by atoms with E-state index in [1.54, 1.807) is 16.2 Å². The van der Waals surface area contributed by atoms with Gasteiger partial charge in [-0.2, -0.15) is 0 Å². The van der Waals surface area contributed by atoms with Gasteiger partial charge in [0.2, 0.25) is 17.7 Å². The summed E-state index contributed by atoms with van der Waals surface area (Å²) in [6.07, 6.45) is -1.06. The fourth-order valence-electron chi connectivity index (χ4n) is 5.82. The van der Waals surface area contributed by atoms with Crippen molar-refractivity contribution in [3.8, 4) is 10.4 Å². The van der Waals surface area contributed by atoms with Crippen LogP contribution in [0.25, 0.3) is 10.4 Å². The molecule has 1 aromatic carbocycles. The molecule has 2 saturated heterocycles. The van der Waals surface area contributed by atoms with Crippen molar-refractivity contribution in [1.82, 2.24) is 30.3 Å². The zero-order chi connectivity index (χ0) is 35.9. The van der Waals surface area contributed by atoms with E-state index in [4.69, 9.17) is 9.47 Å². The largest absolute Gasteiger partial charge is 0.444 e. The maximum absolute atomic E-state index is 13.9. The number of carbonyl (C=O) groups excluding carboxylic acids is 4. The predicted molar refractivity (Wildman–Crippen MR) is 187 cm³/mol.